The van der Waals surface area contributed by atoms with E-state index < -0.39 is 5.97 Å². The van der Waals surface area contributed by atoms with Gasteiger partial charge in [0.05, 0.1) is 0 Å². The summed E-state index contributed by atoms with van der Waals surface area (Å²) in [5.41, 5.74) is 1.62. The Morgan fingerprint density at radius 3 is 2.72 bits per heavy atom. The van der Waals surface area contributed by atoms with E-state index >= 15 is 0 Å². The van der Waals surface area contributed by atoms with E-state index in [2.05, 4.69) is 15.2 Å². The minimum atomic E-state index is -0.794. The Morgan fingerprint density at radius 2 is 2.00 bits per heavy atom. The first-order valence-electron chi connectivity index (χ1n) is 8.73. The van der Waals surface area contributed by atoms with Crippen LogP contribution in [-0.2, 0) is 9.59 Å². The minimum Gasteiger partial charge on any atom is -0.481 e. The van der Waals surface area contributed by atoms with Crippen LogP contribution in [0.3, 0.4) is 0 Å². The second-order valence-corrected chi connectivity index (χ2v) is 6.37. The number of amides is 1. The second kappa shape index (κ2) is 8.00. The number of aliphatic carboxylic acids is 1. The van der Waals surface area contributed by atoms with E-state index in [-0.39, 0.29) is 18.2 Å². The maximum Gasteiger partial charge on any atom is 0.303 e. The number of carboxylic acids is 1. The number of hydrogen-bond donors (Lipinski definition) is 2. The van der Waals surface area contributed by atoms with Gasteiger partial charge in [-0.25, -0.2) is 0 Å². The van der Waals surface area contributed by atoms with Crippen LogP contribution in [0.15, 0.2) is 28.7 Å². The number of benzene rings is 1. The number of hydrogen-bond acceptors (Lipinski definition) is 5. The van der Waals surface area contributed by atoms with E-state index in [1.54, 1.807) is 0 Å². The molecule has 1 fully saturated rings. The number of nitrogens with one attached hydrogen (secondary N) is 1. The van der Waals surface area contributed by atoms with Gasteiger partial charge in [0.15, 0.2) is 5.58 Å². The molecular formula is C18H23N3O4. The molecule has 134 valence electrons. The Balaban J connectivity index is 1.43. The van der Waals surface area contributed by atoms with Crippen molar-refractivity contribution in [2.45, 2.75) is 32.1 Å². The molecule has 0 saturated carbocycles. The van der Waals surface area contributed by atoms with Crippen LogP contribution in [0.25, 0.3) is 11.1 Å². The van der Waals surface area contributed by atoms with Gasteiger partial charge in [-0.2, -0.15) is 4.98 Å². The van der Waals surface area contributed by atoms with Crippen LogP contribution in [0.1, 0.15) is 32.1 Å². The third-order valence-electron chi connectivity index (χ3n) is 4.54. The Labute approximate surface area is 146 Å². The summed E-state index contributed by atoms with van der Waals surface area (Å²) in [6.07, 6.45) is 2.96. The van der Waals surface area contributed by atoms with Crippen LogP contribution in [-0.4, -0.2) is 41.6 Å². The second-order valence-electron chi connectivity index (χ2n) is 6.37. The summed E-state index contributed by atoms with van der Waals surface area (Å²) in [5, 5.41) is 11.5. The molecule has 2 aromatic rings. The topological polar surface area (TPSA) is 95.7 Å². The number of para-hydroxylation sites is 2. The molecule has 0 aliphatic carbocycles. The number of oxazole rings is 1. The molecule has 2 N–H and O–H groups in total. The number of carboxylic acid groups (broad SMARTS) is 1. The van der Waals surface area contributed by atoms with Crippen molar-refractivity contribution in [1.29, 1.82) is 0 Å². The number of carbonyl (C=O) groups excluding carboxylic acids is 1. The molecule has 0 atom stereocenters. The zero-order valence-corrected chi connectivity index (χ0v) is 14.1. The summed E-state index contributed by atoms with van der Waals surface area (Å²) < 4.78 is 5.78. The van der Waals surface area contributed by atoms with Crippen molar-refractivity contribution in [3.63, 3.8) is 0 Å². The largest absolute Gasteiger partial charge is 0.481 e. The molecule has 1 aromatic heterocycles. The van der Waals surface area contributed by atoms with E-state index in [0.717, 1.165) is 37.0 Å². The van der Waals surface area contributed by atoms with E-state index in [1.807, 2.05) is 24.3 Å². The molecule has 3 rings (SSSR count). The zero-order valence-electron chi connectivity index (χ0n) is 14.1. The highest BCUT2D eigenvalue weighted by Crippen LogP contribution is 2.26. The molecule has 1 saturated heterocycles. The average Bonchev–Trinajstić information content (AvgIpc) is 3.05. The van der Waals surface area contributed by atoms with Crippen molar-refractivity contribution in [3.8, 4) is 0 Å². The molecule has 0 radical (unpaired) electrons. The van der Waals surface area contributed by atoms with Gasteiger partial charge in [-0.1, -0.05) is 12.1 Å². The number of piperidine rings is 1. The van der Waals surface area contributed by atoms with Gasteiger partial charge >= 0.3 is 5.97 Å². The zero-order chi connectivity index (χ0) is 17.6. The van der Waals surface area contributed by atoms with Gasteiger partial charge in [0.1, 0.15) is 5.52 Å². The fourth-order valence-electron chi connectivity index (χ4n) is 3.09. The van der Waals surface area contributed by atoms with Gasteiger partial charge in [-0.3, -0.25) is 9.59 Å². The highest BCUT2D eigenvalue weighted by Gasteiger charge is 2.26. The van der Waals surface area contributed by atoms with E-state index in [4.69, 9.17) is 9.52 Å². The lowest BCUT2D eigenvalue weighted by molar-refractivity contribution is -0.137. The first-order valence-corrected chi connectivity index (χ1v) is 8.73. The quantitative estimate of drug-likeness (QED) is 0.748. The number of unbranched alkanes of at least 4 members (excludes halogenated alkanes) is 1. The SMILES string of the molecule is O=C(O)CCCCNC(=O)C1CCN(c2nc3ccccc3o2)CC1. The third kappa shape index (κ3) is 4.49. The van der Waals surface area contributed by atoms with E-state index in [1.165, 1.54) is 0 Å². The Bertz CT molecular complexity index is 702. The molecule has 0 spiro atoms. The van der Waals surface area contributed by atoms with Crippen LogP contribution < -0.4 is 10.2 Å². The lowest BCUT2D eigenvalue weighted by atomic mass is 9.96. The molecule has 7 nitrogen and oxygen atoms in total. The van der Waals surface area contributed by atoms with Crippen LogP contribution in [0.5, 0.6) is 0 Å². The van der Waals surface area contributed by atoms with Crippen LogP contribution in [0.2, 0.25) is 0 Å². The summed E-state index contributed by atoms with van der Waals surface area (Å²) in [7, 11) is 0. The van der Waals surface area contributed by atoms with Crippen molar-refractivity contribution in [1.82, 2.24) is 10.3 Å². The number of nitrogens with zero attached hydrogens (tertiary/aromatic N) is 2. The molecular weight excluding hydrogens is 322 g/mol. The number of carbonyl (C=O) groups is 2. The molecule has 1 aliphatic heterocycles. The number of fused-ring (bicyclic) bond motifs is 1. The van der Waals surface area contributed by atoms with Crippen molar-refractivity contribution in [2.24, 2.45) is 5.92 Å². The van der Waals surface area contributed by atoms with E-state index in [0.29, 0.717) is 25.4 Å². The predicted octanol–water partition coefficient (Wildman–Crippen LogP) is 2.42. The Hall–Kier alpha value is -2.57. The van der Waals surface area contributed by atoms with Gasteiger partial charge in [0.2, 0.25) is 5.91 Å². The van der Waals surface area contributed by atoms with Gasteiger partial charge in [-0.05, 0) is 37.8 Å². The first kappa shape index (κ1) is 17.3. The van der Waals surface area contributed by atoms with Gasteiger partial charge in [0.25, 0.3) is 6.01 Å². The summed E-state index contributed by atoms with van der Waals surface area (Å²) in [4.78, 5) is 29.2. The van der Waals surface area contributed by atoms with Crippen LogP contribution in [0, 0.1) is 5.92 Å². The molecule has 0 bridgehead atoms. The minimum absolute atomic E-state index is 0.0000945. The molecule has 0 unspecified atom stereocenters. The monoisotopic (exact) mass is 345 g/mol. The average molecular weight is 345 g/mol. The molecule has 1 aromatic carbocycles. The lowest BCUT2D eigenvalue weighted by Crippen LogP contribution is -2.41. The van der Waals surface area contributed by atoms with Crippen molar-refractivity contribution in [2.75, 3.05) is 24.5 Å². The van der Waals surface area contributed by atoms with Crippen molar-refractivity contribution >= 4 is 29.0 Å². The van der Waals surface area contributed by atoms with Crippen molar-refractivity contribution < 1.29 is 19.1 Å². The number of anilines is 1. The summed E-state index contributed by atoms with van der Waals surface area (Å²) >= 11 is 0. The lowest BCUT2D eigenvalue weighted by Gasteiger charge is -2.30. The molecule has 1 amide bonds. The predicted molar refractivity (Wildman–Crippen MR) is 93.4 cm³/mol. The number of rotatable bonds is 7. The highest BCUT2D eigenvalue weighted by atomic mass is 16.4. The maximum absolute atomic E-state index is 12.2. The number of aromatic nitrogens is 1. The molecule has 25 heavy (non-hydrogen) atoms. The smallest absolute Gasteiger partial charge is 0.303 e. The molecule has 2 heterocycles. The molecule has 7 heteroatoms. The standard InChI is InChI=1S/C18H23N3O4/c22-16(23)7-3-4-10-19-17(24)13-8-11-21(12-9-13)18-20-14-5-1-2-6-15(14)25-18/h1-2,5-6,13H,3-4,7-12H2,(H,19,24)(H,22,23). The summed E-state index contributed by atoms with van der Waals surface area (Å²) in [6, 6.07) is 8.30. The molecule has 1 aliphatic rings. The summed E-state index contributed by atoms with van der Waals surface area (Å²) in [6.45, 7) is 2.02. The first-order chi connectivity index (χ1) is 12.1. The maximum atomic E-state index is 12.2. The van der Waals surface area contributed by atoms with Gasteiger partial charge in [0, 0.05) is 32.0 Å². The van der Waals surface area contributed by atoms with Crippen LogP contribution in [0.4, 0.5) is 6.01 Å². The van der Waals surface area contributed by atoms with Crippen LogP contribution >= 0.6 is 0 Å². The van der Waals surface area contributed by atoms with Gasteiger partial charge < -0.3 is 19.7 Å². The Morgan fingerprint density at radius 1 is 1.24 bits per heavy atom. The fraction of sp³-hybridized carbons (Fsp3) is 0.500. The fourth-order valence-corrected chi connectivity index (χ4v) is 3.09. The Kier molecular flexibility index (Phi) is 5.53. The van der Waals surface area contributed by atoms with Gasteiger partial charge in [-0.15, -0.1) is 0 Å². The van der Waals surface area contributed by atoms with E-state index in [9.17, 15) is 9.59 Å². The highest BCUT2D eigenvalue weighted by molar-refractivity contribution is 5.79. The normalized spacial score (nSPS) is 15.4. The summed E-state index contributed by atoms with van der Waals surface area (Å²) in [5.74, 6) is -0.731. The van der Waals surface area contributed by atoms with Crippen molar-refractivity contribution in [3.05, 3.63) is 24.3 Å². The third-order valence-corrected chi connectivity index (χ3v) is 4.54.